The fourth-order valence-electron chi connectivity index (χ4n) is 2.43. The van der Waals surface area contributed by atoms with Crippen molar-refractivity contribution < 1.29 is 0 Å². The number of pyridine rings is 1. The third kappa shape index (κ3) is 2.14. The average Bonchev–Trinajstić information content (AvgIpc) is 3.22. The van der Waals surface area contributed by atoms with Crippen molar-refractivity contribution in [3.8, 4) is 0 Å². The largest absolute Gasteiger partial charge is 0.348 e. The molecular weight excluding hydrogens is 268 g/mol. The lowest BCUT2D eigenvalue weighted by Gasteiger charge is -2.23. The fraction of sp³-hybridized carbons (Fsp3) is 0.267. The Labute approximate surface area is 121 Å². The molecule has 0 bridgehead atoms. The highest BCUT2D eigenvalue weighted by Crippen LogP contribution is 2.36. The highest BCUT2D eigenvalue weighted by Gasteiger charge is 2.31. The Balaban J connectivity index is 1.74. The molecule has 1 saturated carbocycles. The van der Waals surface area contributed by atoms with E-state index in [0.717, 1.165) is 17.9 Å². The summed E-state index contributed by atoms with van der Waals surface area (Å²) >= 11 is 1.72. The van der Waals surface area contributed by atoms with Crippen LogP contribution in [0.1, 0.15) is 18.4 Å². The van der Waals surface area contributed by atoms with Gasteiger partial charge in [-0.2, -0.15) is 0 Å². The van der Waals surface area contributed by atoms with Gasteiger partial charge in [-0.1, -0.05) is 6.07 Å². The van der Waals surface area contributed by atoms with Gasteiger partial charge >= 0.3 is 0 Å². The number of thiophene rings is 1. The number of anilines is 1. The Bertz CT molecular complexity index is 721. The molecule has 0 aromatic carbocycles. The standard InChI is InChI=1S/C15H14N4S/c1-2-11(8-16-6-1)9-19(12-3-4-12)15-14-13(5-7-20-14)17-10-18-15/h1-2,5-8,10,12H,3-4,9H2. The van der Waals surface area contributed by atoms with E-state index in [1.807, 2.05) is 18.5 Å². The van der Waals surface area contributed by atoms with E-state index in [1.165, 1.54) is 23.1 Å². The predicted octanol–water partition coefficient (Wildman–Crippen LogP) is 3.26. The second kappa shape index (κ2) is 4.83. The Morgan fingerprint density at radius 2 is 2.20 bits per heavy atom. The number of fused-ring (bicyclic) bond motifs is 1. The van der Waals surface area contributed by atoms with Gasteiger partial charge in [0.1, 0.15) is 6.33 Å². The molecule has 20 heavy (non-hydrogen) atoms. The van der Waals surface area contributed by atoms with Crippen molar-refractivity contribution in [3.63, 3.8) is 0 Å². The van der Waals surface area contributed by atoms with Crippen molar-refractivity contribution >= 4 is 27.4 Å². The Morgan fingerprint density at radius 1 is 1.25 bits per heavy atom. The first kappa shape index (κ1) is 11.8. The zero-order valence-corrected chi connectivity index (χ0v) is 11.8. The maximum atomic E-state index is 4.54. The number of hydrogen-bond acceptors (Lipinski definition) is 5. The van der Waals surface area contributed by atoms with Crippen molar-refractivity contribution in [2.75, 3.05) is 4.90 Å². The van der Waals surface area contributed by atoms with E-state index in [4.69, 9.17) is 0 Å². The summed E-state index contributed by atoms with van der Waals surface area (Å²) in [5, 5.41) is 2.08. The number of aromatic nitrogens is 3. The number of rotatable bonds is 4. The third-order valence-electron chi connectivity index (χ3n) is 3.56. The lowest BCUT2D eigenvalue weighted by atomic mass is 10.2. The summed E-state index contributed by atoms with van der Waals surface area (Å²) in [6, 6.07) is 6.77. The summed E-state index contributed by atoms with van der Waals surface area (Å²) < 4.78 is 1.18. The molecule has 0 aliphatic heterocycles. The van der Waals surface area contributed by atoms with Gasteiger partial charge in [0.15, 0.2) is 5.82 Å². The van der Waals surface area contributed by atoms with Crippen LogP contribution in [-0.4, -0.2) is 21.0 Å². The third-order valence-corrected chi connectivity index (χ3v) is 4.46. The van der Waals surface area contributed by atoms with Crippen LogP contribution in [0.3, 0.4) is 0 Å². The molecule has 0 N–H and O–H groups in total. The average molecular weight is 282 g/mol. The van der Waals surface area contributed by atoms with Gasteiger partial charge in [0.25, 0.3) is 0 Å². The monoisotopic (exact) mass is 282 g/mol. The molecular formula is C15H14N4S. The Kier molecular flexibility index (Phi) is 2.85. The smallest absolute Gasteiger partial charge is 0.150 e. The zero-order valence-electron chi connectivity index (χ0n) is 10.9. The van der Waals surface area contributed by atoms with Crippen LogP contribution in [0.4, 0.5) is 5.82 Å². The summed E-state index contributed by atoms with van der Waals surface area (Å²) in [7, 11) is 0. The topological polar surface area (TPSA) is 41.9 Å². The Hall–Kier alpha value is -2.01. The molecule has 3 aromatic rings. The number of nitrogens with zero attached hydrogens (tertiary/aromatic N) is 4. The summed E-state index contributed by atoms with van der Waals surface area (Å²) in [6.45, 7) is 0.864. The quantitative estimate of drug-likeness (QED) is 0.736. The van der Waals surface area contributed by atoms with Crippen LogP contribution in [-0.2, 0) is 6.54 Å². The summed E-state index contributed by atoms with van der Waals surface area (Å²) in [5.41, 5.74) is 2.26. The maximum Gasteiger partial charge on any atom is 0.150 e. The van der Waals surface area contributed by atoms with Crippen molar-refractivity contribution in [1.82, 2.24) is 15.0 Å². The molecule has 4 rings (SSSR count). The minimum Gasteiger partial charge on any atom is -0.348 e. The molecule has 0 radical (unpaired) electrons. The van der Waals surface area contributed by atoms with Crippen LogP contribution in [0.2, 0.25) is 0 Å². The molecule has 4 nitrogen and oxygen atoms in total. The van der Waals surface area contributed by atoms with Crippen LogP contribution in [0.15, 0.2) is 42.3 Å². The first-order chi connectivity index (χ1) is 9.92. The molecule has 3 aromatic heterocycles. The van der Waals surface area contributed by atoms with E-state index in [2.05, 4.69) is 37.4 Å². The summed E-state index contributed by atoms with van der Waals surface area (Å²) in [4.78, 5) is 15.5. The maximum absolute atomic E-state index is 4.54. The highest BCUT2D eigenvalue weighted by atomic mass is 32.1. The van der Waals surface area contributed by atoms with Gasteiger partial charge in [-0.15, -0.1) is 11.3 Å². The van der Waals surface area contributed by atoms with E-state index in [0.29, 0.717) is 6.04 Å². The minimum atomic E-state index is 0.607. The molecule has 0 amide bonds. The van der Waals surface area contributed by atoms with Gasteiger partial charge in [0, 0.05) is 25.0 Å². The number of hydrogen-bond donors (Lipinski definition) is 0. The SMILES string of the molecule is c1cncc(CN(c2ncnc3ccsc23)C2CC2)c1. The molecule has 3 heterocycles. The van der Waals surface area contributed by atoms with Crippen LogP contribution < -0.4 is 4.90 Å². The Morgan fingerprint density at radius 3 is 3.00 bits per heavy atom. The first-order valence-electron chi connectivity index (χ1n) is 6.75. The summed E-state index contributed by atoms with van der Waals surface area (Å²) in [5.74, 6) is 1.07. The van der Waals surface area contributed by atoms with Crippen LogP contribution in [0.25, 0.3) is 10.2 Å². The van der Waals surface area contributed by atoms with Gasteiger partial charge in [-0.3, -0.25) is 4.98 Å². The molecule has 1 fully saturated rings. The zero-order chi connectivity index (χ0) is 13.4. The second-order valence-corrected chi connectivity index (χ2v) is 5.97. The van der Waals surface area contributed by atoms with Gasteiger partial charge in [-0.05, 0) is 35.9 Å². The molecule has 0 atom stereocenters. The highest BCUT2D eigenvalue weighted by molar-refractivity contribution is 7.17. The lowest BCUT2D eigenvalue weighted by Crippen LogP contribution is -2.26. The van der Waals surface area contributed by atoms with Gasteiger partial charge in [0.05, 0.1) is 10.2 Å². The second-order valence-electron chi connectivity index (χ2n) is 5.05. The lowest BCUT2D eigenvalue weighted by molar-refractivity contribution is 0.779. The molecule has 0 spiro atoms. The molecule has 100 valence electrons. The van der Waals surface area contributed by atoms with Gasteiger partial charge < -0.3 is 4.90 Å². The van der Waals surface area contributed by atoms with E-state index >= 15 is 0 Å². The molecule has 1 aliphatic carbocycles. The van der Waals surface area contributed by atoms with E-state index in [1.54, 1.807) is 17.7 Å². The normalized spacial score (nSPS) is 14.6. The van der Waals surface area contributed by atoms with Gasteiger partial charge in [-0.25, -0.2) is 9.97 Å². The molecule has 0 saturated heterocycles. The molecule has 5 heteroatoms. The predicted molar refractivity (Wildman–Crippen MR) is 80.9 cm³/mol. The van der Waals surface area contributed by atoms with Crippen LogP contribution in [0, 0.1) is 0 Å². The van der Waals surface area contributed by atoms with Crippen LogP contribution >= 0.6 is 11.3 Å². The van der Waals surface area contributed by atoms with E-state index in [-0.39, 0.29) is 0 Å². The van der Waals surface area contributed by atoms with Gasteiger partial charge in [0.2, 0.25) is 0 Å². The molecule has 0 unspecified atom stereocenters. The van der Waals surface area contributed by atoms with Crippen molar-refractivity contribution in [1.29, 1.82) is 0 Å². The van der Waals surface area contributed by atoms with E-state index < -0.39 is 0 Å². The van der Waals surface area contributed by atoms with Crippen molar-refractivity contribution in [2.24, 2.45) is 0 Å². The minimum absolute atomic E-state index is 0.607. The molecule has 1 aliphatic rings. The fourth-order valence-corrected chi connectivity index (χ4v) is 3.28. The van der Waals surface area contributed by atoms with Crippen molar-refractivity contribution in [2.45, 2.75) is 25.4 Å². The summed E-state index contributed by atoms with van der Waals surface area (Å²) in [6.07, 6.45) is 7.91. The van der Waals surface area contributed by atoms with E-state index in [9.17, 15) is 0 Å². The first-order valence-corrected chi connectivity index (χ1v) is 7.63. The van der Waals surface area contributed by atoms with Crippen molar-refractivity contribution in [3.05, 3.63) is 47.9 Å². The van der Waals surface area contributed by atoms with Crippen LogP contribution in [0.5, 0.6) is 0 Å².